The van der Waals surface area contributed by atoms with Gasteiger partial charge in [0.05, 0.1) is 12.8 Å². The van der Waals surface area contributed by atoms with Crippen molar-refractivity contribution in [2.24, 2.45) is 5.16 Å². The Morgan fingerprint density at radius 2 is 2.67 bits per heavy atom. The lowest BCUT2D eigenvalue weighted by Gasteiger charge is -2.03. The first-order valence-electron chi connectivity index (χ1n) is 3.29. The number of nitrogens with zero attached hydrogens (tertiary/aromatic N) is 1. The Labute approximate surface area is 68.6 Å². The molecule has 0 aromatic heterocycles. The Balaban J connectivity index is 2.52. The smallest absolute Gasteiger partial charge is 0.350 e. The molecule has 0 amide bonds. The molecule has 1 atom stereocenters. The van der Waals surface area contributed by atoms with Crippen LogP contribution in [0.5, 0.6) is 0 Å². The lowest BCUT2D eigenvalue weighted by Crippen LogP contribution is -2.21. The van der Waals surface area contributed by atoms with Gasteiger partial charge in [-0.3, -0.25) is 0 Å². The minimum Gasteiger partial charge on any atom is -0.466 e. The Morgan fingerprint density at radius 1 is 1.92 bits per heavy atom. The highest BCUT2D eigenvalue weighted by molar-refractivity contribution is 6.03. The van der Waals surface area contributed by atoms with E-state index in [9.17, 15) is 9.59 Å². The summed E-state index contributed by atoms with van der Waals surface area (Å²) in [7, 11) is 1.26. The second kappa shape index (κ2) is 3.69. The van der Waals surface area contributed by atoms with E-state index in [0.29, 0.717) is 5.71 Å². The molecule has 1 aliphatic rings. The molecule has 5 heteroatoms. The van der Waals surface area contributed by atoms with Crippen LogP contribution in [0.1, 0.15) is 6.42 Å². The Kier molecular flexibility index (Phi) is 2.61. The van der Waals surface area contributed by atoms with Crippen LogP contribution in [0, 0.1) is 0 Å². The van der Waals surface area contributed by atoms with Gasteiger partial charge in [-0.05, 0) is 0 Å². The summed E-state index contributed by atoms with van der Waals surface area (Å²) in [5.74, 6) is 1.06. The van der Waals surface area contributed by atoms with E-state index in [0.717, 1.165) is 6.08 Å². The maximum atomic E-state index is 10.8. The third kappa shape index (κ3) is 1.71. The number of hydrogen-bond donors (Lipinski definition) is 0. The standard InChI is InChI=1S/C7H7NO4/c1-11-7(10)6-4-5(2-3-9)8-12-6/h2,6H,4H2,1H3. The lowest BCUT2D eigenvalue weighted by molar-refractivity contribution is -0.152. The molecule has 0 saturated carbocycles. The van der Waals surface area contributed by atoms with E-state index in [1.54, 1.807) is 5.94 Å². The Bertz CT molecular complexity index is 265. The van der Waals surface area contributed by atoms with Gasteiger partial charge in [0.25, 0.3) is 0 Å². The first kappa shape index (κ1) is 8.49. The molecule has 0 radical (unpaired) electrons. The Morgan fingerprint density at radius 3 is 3.25 bits per heavy atom. The van der Waals surface area contributed by atoms with Crippen LogP contribution in [0.15, 0.2) is 11.2 Å². The summed E-state index contributed by atoms with van der Waals surface area (Å²) in [6.07, 6.45) is 0.680. The third-order valence-corrected chi connectivity index (χ3v) is 1.38. The second-order valence-corrected chi connectivity index (χ2v) is 2.17. The van der Waals surface area contributed by atoms with E-state index in [1.807, 2.05) is 0 Å². The van der Waals surface area contributed by atoms with Crippen molar-refractivity contribution in [1.82, 2.24) is 0 Å². The summed E-state index contributed by atoms with van der Waals surface area (Å²) < 4.78 is 4.41. The molecule has 0 fully saturated rings. The Hall–Kier alpha value is -1.61. The van der Waals surface area contributed by atoms with E-state index in [2.05, 4.69) is 14.7 Å². The molecule has 0 bridgehead atoms. The fourth-order valence-electron chi connectivity index (χ4n) is 0.807. The van der Waals surface area contributed by atoms with Gasteiger partial charge in [-0.1, -0.05) is 5.16 Å². The van der Waals surface area contributed by atoms with Crippen LogP contribution in [-0.4, -0.2) is 30.8 Å². The number of methoxy groups -OCH3 is 1. The van der Waals surface area contributed by atoms with E-state index in [4.69, 9.17) is 0 Å². The quantitative estimate of drug-likeness (QED) is 0.420. The molecule has 0 aliphatic carbocycles. The van der Waals surface area contributed by atoms with Gasteiger partial charge in [-0.2, -0.15) is 0 Å². The average Bonchev–Trinajstić information content (AvgIpc) is 2.52. The molecule has 12 heavy (non-hydrogen) atoms. The highest BCUT2D eigenvalue weighted by Crippen LogP contribution is 2.11. The van der Waals surface area contributed by atoms with Gasteiger partial charge in [-0.25, -0.2) is 9.59 Å². The maximum Gasteiger partial charge on any atom is 0.350 e. The largest absolute Gasteiger partial charge is 0.466 e. The van der Waals surface area contributed by atoms with Crippen LogP contribution in [-0.2, 0) is 19.2 Å². The monoisotopic (exact) mass is 169 g/mol. The van der Waals surface area contributed by atoms with Crippen molar-refractivity contribution >= 4 is 17.6 Å². The molecule has 0 aromatic rings. The molecule has 1 rings (SSSR count). The number of allylic oxidation sites excluding steroid dienone is 1. The van der Waals surface area contributed by atoms with Gasteiger partial charge in [0.2, 0.25) is 6.10 Å². The zero-order chi connectivity index (χ0) is 8.97. The fraction of sp³-hybridized carbons (Fsp3) is 0.429. The SMILES string of the molecule is COC(=O)C1CC(C=C=O)=NO1. The molecule has 0 N–H and O–H groups in total. The van der Waals surface area contributed by atoms with E-state index in [-0.39, 0.29) is 6.42 Å². The van der Waals surface area contributed by atoms with Crippen LogP contribution >= 0.6 is 0 Å². The third-order valence-electron chi connectivity index (χ3n) is 1.38. The van der Waals surface area contributed by atoms with Crippen molar-refractivity contribution in [2.45, 2.75) is 12.5 Å². The number of carbonyl (C=O) groups excluding carboxylic acids is 2. The van der Waals surface area contributed by atoms with Gasteiger partial charge in [-0.15, -0.1) is 0 Å². The average molecular weight is 169 g/mol. The highest BCUT2D eigenvalue weighted by atomic mass is 16.7. The van der Waals surface area contributed by atoms with Crippen molar-refractivity contribution in [2.75, 3.05) is 7.11 Å². The van der Waals surface area contributed by atoms with Crippen molar-refractivity contribution < 1.29 is 19.2 Å². The number of rotatable bonds is 2. The zero-order valence-electron chi connectivity index (χ0n) is 6.44. The summed E-state index contributed by atoms with van der Waals surface area (Å²) in [5.41, 5.74) is 0.403. The molecule has 1 unspecified atom stereocenters. The first-order chi connectivity index (χ1) is 5.77. The van der Waals surface area contributed by atoms with E-state index in [1.165, 1.54) is 7.11 Å². The summed E-state index contributed by atoms with van der Waals surface area (Å²) in [5, 5.41) is 3.47. The number of ether oxygens (including phenoxy) is 1. The van der Waals surface area contributed by atoms with Crippen molar-refractivity contribution in [3.8, 4) is 0 Å². The molecular formula is C7H7NO4. The predicted octanol–water partition coefficient (Wildman–Crippen LogP) is -0.308. The number of hydrogen-bond acceptors (Lipinski definition) is 5. The van der Waals surface area contributed by atoms with Gasteiger partial charge in [0.15, 0.2) is 0 Å². The summed E-state index contributed by atoms with van der Waals surface area (Å²) in [6.45, 7) is 0. The van der Waals surface area contributed by atoms with Crippen LogP contribution < -0.4 is 0 Å². The van der Waals surface area contributed by atoms with Gasteiger partial charge < -0.3 is 9.57 Å². The normalized spacial score (nSPS) is 20.4. The molecule has 5 nitrogen and oxygen atoms in total. The maximum absolute atomic E-state index is 10.8. The van der Waals surface area contributed by atoms with Gasteiger partial charge in [0.1, 0.15) is 5.94 Å². The van der Waals surface area contributed by atoms with Crippen molar-refractivity contribution in [1.29, 1.82) is 0 Å². The lowest BCUT2D eigenvalue weighted by atomic mass is 10.2. The van der Waals surface area contributed by atoms with E-state index >= 15 is 0 Å². The van der Waals surface area contributed by atoms with Crippen LogP contribution in [0.4, 0.5) is 0 Å². The highest BCUT2D eigenvalue weighted by Gasteiger charge is 2.27. The molecule has 0 saturated heterocycles. The second-order valence-electron chi connectivity index (χ2n) is 2.17. The topological polar surface area (TPSA) is 65.0 Å². The van der Waals surface area contributed by atoms with Crippen molar-refractivity contribution in [3.05, 3.63) is 6.08 Å². The summed E-state index contributed by atoms with van der Waals surface area (Å²) in [6, 6.07) is 0. The molecule has 1 aliphatic heterocycles. The van der Waals surface area contributed by atoms with Crippen LogP contribution in [0.3, 0.4) is 0 Å². The molecule has 1 heterocycles. The fourth-order valence-corrected chi connectivity index (χ4v) is 0.807. The predicted molar refractivity (Wildman–Crippen MR) is 39.2 cm³/mol. The van der Waals surface area contributed by atoms with Crippen LogP contribution in [0.2, 0.25) is 0 Å². The summed E-state index contributed by atoms with van der Waals surface area (Å²) in [4.78, 5) is 25.4. The van der Waals surface area contributed by atoms with Gasteiger partial charge >= 0.3 is 5.97 Å². The number of oxime groups is 1. The number of carbonyl (C=O) groups is 1. The first-order valence-corrected chi connectivity index (χ1v) is 3.29. The van der Waals surface area contributed by atoms with Crippen molar-refractivity contribution in [3.63, 3.8) is 0 Å². The summed E-state index contributed by atoms with van der Waals surface area (Å²) >= 11 is 0. The van der Waals surface area contributed by atoms with Crippen LogP contribution in [0.25, 0.3) is 0 Å². The van der Waals surface area contributed by atoms with E-state index < -0.39 is 12.1 Å². The minimum absolute atomic E-state index is 0.266. The minimum atomic E-state index is -0.713. The molecule has 0 aromatic carbocycles. The molecule has 0 spiro atoms. The number of esters is 1. The molecule has 64 valence electrons. The zero-order valence-corrected chi connectivity index (χ0v) is 6.44. The van der Waals surface area contributed by atoms with Gasteiger partial charge in [0, 0.05) is 12.5 Å². The molecular weight excluding hydrogens is 162 g/mol.